The lowest BCUT2D eigenvalue weighted by Crippen LogP contribution is -2.46. The molecule has 0 radical (unpaired) electrons. The lowest BCUT2D eigenvalue weighted by atomic mass is 10.0. The van der Waals surface area contributed by atoms with Crippen molar-refractivity contribution in [1.29, 1.82) is 0 Å². The second-order valence-corrected chi connectivity index (χ2v) is 4.67. The summed E-state index contributed by atoms with van der Waals surface area (Å²) in [5, 5.41) is 86.6. The molecule has 144 valence electrons. The molecule has 0 aliphatic carbocycles. The van der Waals surface area contributed by atoms with Crippen molar-refractivity contribution in [1.82, 2.24) is 0 Å². The van der Waals surface area contributed by atoms with Crippen LogP contribution in [0.5, 0.6) is 0 Å². The first kappa shape index (κ1) is 25.2. The van der Waals surface area contributed by atoms with Crippen molar-refractivity contribution >= 4 is 12.1 Å². The van der Waals surface area contributed by atoms with Crippen LogP contribution in [0.3, 0.4) is 0 Å². The number of aldehydes is 1. The Hall–Kier alpha value is -1.06. The predicted molar refractivity (Wildman–Crippen MR) is 74.4 cm³/mol. The molecule has 0 aromatic carbocycles. The molecule has 12 heteroatoms. The van der Waals surface area contributed by atoms with E-state index < -0.39 is 68.3 Å². The SMILES string of the molecule is O=C(CO)[C@H](O)C(O)[C@H](O)CO.O=C[C@H](O)[C@H](O)[C@@H](O)[C@H](O)CO. The first-order valence-corrected chi connectivity index (χ1v) is 6.65. The average molecular weight is 360 g/mol. The van der Waals surface area contributed by atoms with Crippen LogP contribution in [-0.4, -0.2) is 126 Å². The van der Waals surface area contributed by atoms with Gasteiger partial charge in [0.05, 0.1) is 13.2 Å². The molecule has 0 aromatic heterocycles. The molecular formula is C12H24O12. The Morgan fingerprint density at radius 1 is 0.750 bits per heavy atom. The van der Waals surface area contributed by atoms with Crippen LogP contribution in [0.2, 0.25) is 0 Å². The molecule has 1 unspecified atom stereocenters. The largest absolute Gasteiger partial charge is 0.394 e. The maximum absolute atomic E-state index is 10.5. The van der Waals surface area contributed by atoms with E-state index in [0.717, 1.165) is 0 Å². The molecule has 0 aliphatic rings. The van der Waals surface area contributed by atoms with Crippen LogP contribution >= 0.6 is 0 Å². The van der Waals surface area contributed by atoms with Gasteiger partial charge in [-0.3, -0.25) is 4.79 Å². The highest BCUT2D eigenvalue weighted by Crippen LogP contribution is 2.03. The highest BCUT2D eigenvalue weighted by Gasteiger charge is 2.30. The fourth-order valence-corrected chi connectivity index (χ4v) is 1.22. The molecule has 10 N–H and O–H groups in total. The number of rotatable bonds is 10. The van der Waals surface area contributed by atoms with Crippen molar-refractivity contribution < 1.29 is 60.7 Å². The number of Topliss-reactive ketones (excluding diaryl/α,β-unsaturated/α-hetero) is 1. The van der Waals surface area contributed by atoms with Crippen molar-refractivity contribution in [2.24, 2.45) is 0 Å². The third kappa shape index (κ3) is 8.70. The molecule has 12 nitrogen and oxygen atoms in total. The molecule has 0 aliphatic heterocycles. The van der Waals surface area contributed by atoms with Crippen LogP contribution in [0.15, 0.2) is 0 Å². The molecule has 24 heavy (non-hydrogen) atoms. The van der Waals surface area contributed by atoms with E-state index in [0.29, 0.717) is 0 Å². The minimum absolute atomic E-state index is 0.0258. The second-order valence-electron chi connectivity index (χ2n) is 4.67. The Morgan fingerprint density at radius 2 is 1.17 bits per heavy atom. The highest BCUT2D eigenvalue weighted by molar-refractivity contribution is 5.84. The highest BCUT2D eigenvalue weighted by atomic mass is 16.4. The van der Waals surface area contributed by atoms with E-state index in [1.807, 2.05) is 0 Å². The Bertz CT molecular complexity index is 351. The Balaban J connectivity index is 0. The molecule has 7 atom stereocenters. The molecule has 0 spiro atoms. The summed E-state index contributed by atoms with van der Waals surface area (Å²) in [5.74, 6) is -1.00. The first-order valence-electron chi connectivity index (χ1n) is 6.65. The van der Waals surface area contributed by atoms with Gasteiger partial charge in [-0.2, -0.15) is 0 Å². The van der Waals surface area contributed by atoms with Crippen LogP contribution < -0.4 is 0 Å². The molecule has 0 heterocycles. The van der Waals surface area contributed by atoms with Gasteiger partial charge in [0.1, 0.15) is 49.3 Å². The van der Waals surface area contributed by atoms with Crippen molar-refractivity contribution in [2.75, 3.05) is 19.8 Å². The number of hydrogen-bond donors (Lipinski definition) is 10. The lowest BCUT2D eigenvalue weighted by molar-refractivity contribution is -0.142. The number of carbonyl (C=O) groups is 2. The topological polar surface area (TPSA) is 236 Å². The summed E-state index contributed by atoms with van der Waals surface area (Å²) < 4.78 is 0. The minimum atomic E-state index is -1.86. The van der Waals surface area contributed by atoms with E-state index in [1.54, 1.807) is 0 Å². The Morgan fingerprint density at radius 3 is 1.50 bits per heavy atom. The average Bonchev–Trinajstić information content (AvgIpc) is 2.62. The zero-order chi connectivity index (χ0) is 19.4. The van der Waals surface area contributed by atoms with Crippen LogP contribution in [0.1, 0.15) is 0 Å². The summed E-state index contributed by atoms with van der Waals surface area (Å²) in [5.41, 5.74) is 0. The third-order valence-corrected chi connectivity index (χ3v) is 2.81. The van der Waals surface area contributed by atoms with Gasteiger partial charge in [0.2, 0.25) is 0 Å². The van der Waals surface area contributed by atoms with Crippen LogP contribution in [0.25, 0.3) is 0 Å². The van der Waals surface area contributed by atoms with Crippen LogP contribution in [0, 0.1) is 0 Å². The summed E-state index contributed by atoms with van der Waals surface area (Å²) in [6, 6.07) is 0. The Labute approximate surface area is 136 Å². The van der Waals surface area contributed by atoms with Gasteiger partial charge in [-0.25, -0.2) is 0 Å². The molecule has 0 fully saturated rings. The maximum Gasteiger partial charge on any atom is 0.189 e. The van der Waals surface area contributed by atoms with Gasteiger partial charge in [-0.1, -0.05) is 0 Å². The number of carbonyl (C=O) groups excluding carboxylic acids is 2. The number of hydrogen-bond acceptors (Lipinski definition) is 12. The van der Waals surface area contributed by atoms with Crippen molar-refractivity contribution in [3.8, 4) is 0 Å². The molecule has 0 aromatic rings. The van der Waals surface area contributed by atoms with Gasteiger partial charge >= 0.3 is 0 Å². The van der Waals surface area contributed by atoms with Gasteiger partial charge in [0.15, 0.2) is 12.1 Å². The normalized spacial score (nSPS) is 19.8. The third-order valence-electron chi connectivity index (χ3n) is 2.81. The lowest BCUT2D eigenvalue weighted by Gasteiger charge is -2.22. The Kier molecular flexibility index (Phi) is 13.9. The van der Waals surface area contributed by atoms with Gasteiger partial charge in [-0.05, 0) is 0 Å². The van der Waals surface area contributed by atoms with E-state index in [2.05, 4.69) is 0 Å². The maximum atomic E-state index is 10.5. The van der Waals surface area contributed by atoms with Gasteiger partial charge in [-0.15, -0.1) is 0 Å². The molecule has 0 bridgehead atoms. The molecule has 0 rings (SSSR count). The predicted octanol–water partition coefficient (Wildman–Crippen LogP) is -6.76. The number of aliphatic hydroxyl groups is 10. The van der Waals surface area contributed by atoms with E-state index >= 15 is 0 Å². The fourth-order valence-electron chi connectivity index (χ4n) is 1.22. The number of ketones is 1. The summed E-state index contributed by atoms with van der Waals surface area (Å²) in [7, 11) is 0. The molecular weight excluding hydrogens is 336 g/mol. The molecule has 0 amide bonds. The van der Waals surface area contributed by atoms with Crippen molar-refractivity contribution in [3.05, 3.63) is 0 Å². The second kappa shape index (κ2) is 13.3. The zero-order valence-corrected chi connectivity index (χ0v) is 12.5. The first-order chi connectivity index (χ1) is 11.1. The van der Waals surface area contributed by atoms with E-state index in [1.165, 1.54) is 0 Å². The van der Waals surface area contributed by atoms with Crippen LogP contribution in [-0.2, 0) is 9.59 Å². The van der Waals surface area contributed by atoms with Crippen molar-refractivity contribution in [2.45, 2.75) is 42.7 Å². The van der Waals surface area contributed by atoms with E-state index in [9.17, 15) is 9.59 Å². The van der Waals surface area contributed by atoms with E-state index in [-0.39, 0.29) is 6.29 Å². The summed E-state index contributed by atoms with van der Waals surface area (Å²) in [4.78, 5) is 20.4. The van der Waals surface area contributed by atoms with Crippen LogP contribution in [0.4, 0.5) is 0 Å². The fraction of sp³-hybridized carbons (Fsp3) is 0.833. The van der Waals surface area contributed by atoms with E-state index in [4.69, 9.17) is 51.1 Å². The summed E-state index contributed by atoms with van der Waals surface area (Å²) >= 11 is 0. The zero-order valence-electron chi connectivity index (χ0n) is 12.5. The van der Waals surface area contributed by atoms with Crippen molar-refractivity contribution in [3.63, 3.8) is 0 Å². The standard InChI is InChI=1S/2C6H12O6/c2*7-1-3(9)5(11)6(12)4(10)2-8/h3,5-9,11-12H,1-2H2;1,3-6,8-12H,2H2/t3-,5?,6+;3-,4+,5-,6-/m10/s1. The summed E-state index contributed by atoms with van der Waals surface area (Å²) in [6.07, 6.45) is -12.1. The number of aliphatic hydroxyl groups excluding tert-OH is 10. The van der Waals surface area contributed by atoms with Gasteiger partial charge < -0.3 is 55.9 Å². The quantitative estimate of drug-likeness (QED) is 0.164. The van der Waals surface area contributed by atoms with Gasteiger partial charge in [0, 0.05) is 0 Å². The summed E-state index contributed by atoms with van der Waals surface area (Å²) in [6.45, 7) is -2.45. The monoisotopic (exact) mass is 360 g/mol. The minimum Gasteiger partial charge on any atom is -0.394 e. The molecule has 0 saturated carbocycles. The molecule has 0 saturated heterocycles. The van der Waals surface area contributed by atoms with Gasteiger partial charge in [0.25, 0.3) is 0 Å². The smallest absolute Gasteiger partial charge is 0.189 e.